The molecular formula is C31H38ClN3O5S. The number of nitrogens with zero attached hydrogens (tertiary/aromatic N) is 2. The Balaban J connectivity index is 2.08. The molecule has 0 saturated heterocycles. The first kappa shape index (κ1) is 32.0. The van der Waals surface area contributed by atoms with Crippen LogP contribution in [-0.4, -0.2) is 50.9 Å². The number of nitrogens with one attached hydrogen (secondary N) is 1. The number of amides is 2. The molecule has 0 fully saturated rings. The smallest absolute Gasteiger partial charge is 0.264 e. The van der Waals surface area contributed by atoms with Crippen molar-refractivity contribution in [1.29, 1.82) is 0 Å². The van der Waals surface area contributed by atoms with E-state index in [1.165, 1.54) is 23.1 Å². The van der Waals surface area contributed by atoms with Crippen molar-refractivity contribution in [2.24, 2.45) is 0 Å². The standard InChI is InChI=1S/C31H38ClN3O5S/c1-7-29(31(37)33-21(2)3)34(19-24-11-14-26(40-6)15-12-24)30(36)20-35(25-13-10-23(5)28(32)18-25)41(38,39)27-16-8-22(4)9-17-27/h8-18,21,29H,7,19-20H2,1-6H3,(H,33,37)/t29-/m0/s1. The average molecular weight is 600 g/mol. The van der Waals surface area contributed by atoms with Crippen LogP contribution >= 0.6 is 11.6 Å². The molecule has 1 N–H and O–H groups in total. The molecule has 0 saturated carbocycles. The third-order valence-electron chi connectivity index (χ3n) is 6.66. The molecule has 0 unspecified atom stereocenters. The zero-order valence-electron chi connectivity index (χ0n) is 24.3. The highest BCUT2D eigenvalue weighted by molar-refractivity contribution is 7.92. The lowest BCUT2D eigenvalue weighted by atomic mass is 10.1. The van der Waals surface area contributed by atoms with Crippen molar-refractivity contribution in [3.8, 4) is 5.75 Å². The number of sulfonamides is 1. The average Bonchev–Trinajstić information content (AvgIpc) is 2.93. The monoisotopic (exact) mass is 599 g/mol. The molecule has 0 bridgehead atoms. The first-order chi connectivity index (χ1) is 19.4. The summed E-state index contributed by atoms with van der Waals surface area (Å²) >= 11 is 6.39. The molecule has 0 aliphatic carbocycles. The topological polar surface area (TPSA) is 96.0 Å². The Kier molecular flexibility index (Phi) is 10.8. The van der Waals surface area contributed by atoms with Crippen molar-refractivity contribution in [3.05, 3.63) is 88.4 Å². The minimum Gasteiger partial charge on any atom is -0.497 e. The van der Waals surface area contributed by atoms with Crippen molar-refractivity contribution < 1.29 is 22.7 Å². The summed E-state index contributed by atoms with van der Waals surface area (Å²) in [6.45, 7) is 8.75. The molecular weight excluding hydrogens is 562 g/mol. The van der Waals surface area contributed by atoms with E-state index in [1.807, 2.05) is 46.8 Å². The van der Waals surface area contributed by atoms with Gasteiger partial charge in [0, 0.05) is 17.6 Å². The number of ether oxygens (including phenoxy) is 1. The number of halogens is 1. The van der Waals surface area contributed by atoms with Crippen molar-refractivity contribution in [2.45, 2.75) is 64.6 Å². The van der Waals surface area contributed by atoms with Crippen LogP contribution in [0.5, 0.6) is 5.75 Å². The maximum atomic E-state index is 14.1. The van der Waals surface area contributed by atoms with Crippen LogP contribution < -0.4 is 14.4 Å². The summed E-state index contributed by atoms with van der Waals surface area (Å²) in [6.07, 6.45) is 0.335. The Morgan fingerprint density at radius 2 is 1.61 bits per heavy atom. The minimum atomic E-state index is -4.17. The van der Waals surface area contributed by atoms with Crippen LogP contribution in [0.2, 0.25) is 5.02 Å². The van der Waals surface area contributed by atoms with Crippen LogP contribution in [0.3, 0.4) is 0 Å². The number of aryl methyl sites for hydroxylation is 2. The molecule has 41 heavy (non-hydrogen) atoms. The van der Waals surface area contributed by atoms with E-state index in [1.54, 1.807) is 43.5 Å². The minimum absolute atomic E-state index is 0.0406. The van der Waals surface area contributed by atoms with Crippen LogP contribution in [0.15, 0.2) is 71.6 Å². The van der Waals surface area contributed by atoms with Gasteiger partial charge in [-0.15, -0.1) is 0 Å². The summed E-state index contributed by atoms with van der Waals surface area (Å²) in [4.78, 5) is 28.8. The third-order valence-corrected chi connectivity index (χ3v) is 8.86. The van der Waals surface area contributed by atoms with E-state index >= 15 is 0 Å². The van der Waals surface area contributed by atoms with Crippen LogP contribution in [0.25, 0.3) is 0 Å². The molecule has 2 amide bonds. The van der Waals surface area contributed by atoms with E-state index < -0.39 is 28.5 Å². The normalized spacial score (nSPS) is 12.1. The summed E-state index contributed by atoms with van der Waals surface area (Å²) in [7, 11) is -2.61. The summed E-state index contributed by atoms with van der Waals surface area (Å²) < 4.78 is 34.2. The van der Waals surface area contributed by atoms with Gasteiger partial charge in [0.2, 0.25) is 11.8 Å². The van der Waals surface area contributed by atoms with Crippen molar-refractivity contribution >= 4 is 39.1 Å². The van der Waals surface area contributed by atoms with Crippen molar-refractivity contribution in [2.75, 3.05) is 18.0 Å². The second-order valence-corrected chi connectivity index (χ2v) is 12.5. The number of methoxy groups -OCH3 is 1. The van der Waals surface area contributed by atoms with Gasteiger partial charge in [-0.25, -0.2) is 8.42 Å². The number of benzene rings is 3. The number of carbonyl (C=O) groups excluding carboxylic acids is 2. The molecule has 0 radical (unpaired) electrons. The largest absolute Gasteiger partial charge is 0.497 e. The van der Waals surface area contributed by atoms with Gasteiger partial charge in [-0.2, -0.15) is 0 Å². The van der Waals surface area contributed by atoms with Crippen LogP contribution in [0.1, 0.15) is 43.9 Å². The zero-order chi connectivity index (χ0) is 30.3. The lowest BCUT2D eigenvalue weighted by molar-refractivity contribution is -0.140. The zero-order valence-corrected chi connectivity index (χ0v) is 25.9. The van der Waals surface area contributed by atoms with E-state index in [-0.39, 0.29) is 29.1 Å². The van der Waals surface area contributed by atoms with E-state index in [9.17, 15) is 18.0 Å². The van der Waals surface area contributed by atoms with E-state index in [0.29, 0.717) is 17.2 Å². The Labute approximate surface area is 248 Å². The summed E-state index contributed by atoms with van der Waals surface area (Å²) in [6, 6.07) is 17.5. The number of hydrogen-bond acceptors (Lipinski definition) is 5. The maximum absolute atomic E-state index is 14.1. The number of rotatable bonds is 12. The van der Waals surface area contributed by atoms with Gasteiger partial charge in [0.25, 0.3) is 10.0 Å². The highest BCUT2D eigenvalue weighted by atomic mass is 35.5. The lowest BCUT2D eigenvalue weighted by Crippen LogP contribution is -2.53. The molecule has 10 heteroatoms. The second kappa shape index (κ2) is 13.9. The van der Waals surface area contributed by atoms with Crippen LogP contribution in [0, 0.1) is 13.8 Å². The molecule has 220 valence electrons. The van der Waals surface area contributed by atoms with Gasteiger partial charge in [0.1, 0.15) is 18.3 Å². The summed E-state index contributed by atoms with van der Waals surface area (Å²) in [5.74, 6) is -0.183. The Hall–Kier alpha value is -3.56. The first-order valence-corrected chi connectivity index (χ1v) is 15.3. The molecule has 0 aliphatic heterocycles. The van der Waals surface area contributed by atoms with Gasteiger partial charge in [0.15, 0.2) is 0 Å². The van der Waals surface area contributed by atoms with Crippen LogP contribution in [-0.2, 0) is 26.2 Å². The van der Waals surface area contributed by atoms with Crippen molar-refractivity contribution in [1.82, 2.24) is 10.2 Å². The predicted octanol–water partition coefficient (Wildman–Crippen LogP) is 5.49. The first-order valence-electron chi connectivity index (χ1n) is 13.5. The third kappa shape index (κ3) is 8.01. The molecule has 0 spiro atoms. The van der Waals surface area contributed by atoms with E-state index in [4.69, 9.17) is 16.3 Å². The Bertz CT molecular complexity index is 1460. The van der Waals surface area contributed by atoms with Crippen molar-refractivity contribution in [3.63, 3.8) is 0 Å². The maximum Gasteiger partial charge on any atom is 0.264 e. The van der Waals surface area contributed by atoms with E-state index in [0.717, 1.165) is 21.0 Å². The highest BCUT2D eigenvalue weighted by Crippen LogP contribution is 2.29. The fourth-order valence-electron chi connectivity index (χ4n) is 4.33. The fourth-order valence-corrected chi connectivity index (χ4v) is 5.91. The molecule has 3 aromatic carbocycles. The van der Waals surface area contributed by atoms with E-state index in [2.05, 4.69) is 5.32 Å². The molecule has 3 rings (SSSR count). The Morgan fingerprint density at radius 3 is 2.15 bits per heavy atom. The molecule has 8 nitrogen and oxygen atoms in total. The molecule has 0 aromatic heterocycles. The summed E-state index contributed by atoms with van der Waals surface area (Å²) in [5.41, 5.74) is 2.68. The highest BCUT2D eigenvalue weighted by Gasteiger charge is 2.34. The summed E-state index contributed by atoms with van der Waals surface area (Å²) in [5, 5.41) is 3.26. The van der Waals surface area contributed by atoms with Gasteiger partial charge in [-0.1, -0.05) is 54.4 Å². The van der Waals surface area contributed by atoms with Gasteiger partial charge < -0.3 is 15.0 Å². The fraction of sp³-hybridized carbons (Fsp3) is 0.355. The van der Waals surface area contributed by atoms with Gasteiger partial charge >= 0.3 is 0 Å². The number of hydrogen-bond donors (Lipinski definition) is 1. The molecule has 0 aliphatic rings. The SMILES string of the molecule is CC[C@@H](C(=O)NC(C)C)N(Cc1ccc(OC)cc1)C(=O)CN(c1ccc(C)c(Cl)c1)S(=O)(=O)c1ccc(C)cc1. The molecule has 0 heterocycles. The lowest BCUT2D eigenvalue weighted by Gasteiger charge is -2.33. The second-order valence-electron chi connectivity index (χ2n) is 10.2. The number of carbonyl (C=O) groups is 2. The Morgan fingerprint density at radius 1 is 0.976 bits per heavy atom. The predicted molar refractivity (Wildman–Crippen MR) is 163 cm³/mol. The number of anilines is 1. The molecule has 1 atom stereocenters. The van der Waals surface area contributed by atoms with Gasteiger partial charge in [-0.3, -0.25) is 13.9 Å². The molecule has 3 aromatic rings. The van der Waals surface area contributed by atoms with Gasteiger partial charge in [-0.05, 0) is 81.6 Å². The van der Waals surface area contributed by atoms with Crippen LogP contribution in [0.4, 0.5) is 5.69 Å². The van der Waals surface area contributed by atoms with Gasteiger partial charge in [0.05, 0.1) is 17.7 Å². The quantitative estimate of drug-likeness (QED) is 0.297.